The van der Waals surface area contributed by atoms with Gasteiger partial charge in [-0.15, -0.1) is 23.5 Å². The minimum absolute atomic E-state index is 0.0566. The lowest BCUT2D eigenvalue weighted by molar-refractivity contribution is 0.102. The van der Waals surface area contributed by atoms with Gasteiger partial charge in [0.2, 0.25) is 0 Å². The van der Waals surface area contributed by atoms with Crippen molar-refractivity contribution in [3.8, 4) is 0 Å². The van der Waals surface area contributed by atoms with E-state index in [1.165, 1.54) is 17.1 Å². The maximum absolute atomic E-state index is 12.2. The Bertz CT molecular complexity index is 633. The Morgan fingerprint density at radius 1 is 1.10 bits per heavy atom. The summed E-state index contributed by atoms with van der Waals surface area (Å²) in [5.74, 6) is 2.37. The number of rotatable bonds is 3. The molecule has 1 fully saturated rings. The largest absolute Gasteiger partial charge is 0.322 e. The maximum Gasteiger partial charge on any atom is 0.255 e. The van der Waals surface area contributed by atoms with Gasteiger partial charge in [-0.1, -0.05) is 24.3 Å². The molecule has 2 nitrogen and oxygen atoms in total. The first-order valence-corrected chi connectivity index (χ1v) is 9.03. The fourth-order valence-corrected chi connectivity index (χ4v) is 5.13. The molecule has 0 aliphatic carbocycles. The zero-order valence-corrected chi connectivity index (χ0v) is 13.5. The molecule has 0 saturated carbocycles. The molecule has 2 aromatic rings. The maximum atomic E-state index is 12.2. The monoisotopic (exact) mass is 315 g/mol. The highest BCUT2D eigenvalue weighted by molar-refractivity contribution is 8.19. The first kappa shape index (κ1) is 14.5. The molecule has 1 amide bonds. The Hall–Kier alpha value is -1.39. The summed E-state index contributed by atoms with van der Waals surface area (Å²) in [6.07, 6.45) is 0. The van der Waals surface area contributed by atoms with Crippen LogP contribution in [0.2, 0.25) is 0 Å². The molecule has 0 atom stereocenters. The standard InChI is InChI=1S/C17H17NOS2/c1-12-3-2-4-15(11-12)18-16(19)13-5-7-14(8-6-13)17-20-9-10-21-17/h2-8,11,17H,9-10H2,1H3,(H,18,19). The van der Waals surface area contributed by atoms with Crippen molar-refractivity contribution in [3.05, 3.63) is 65.2 Å². The number of anilines is 1. The molecule has 1 saturated heterocycles. The number of carbonyl (C=O) groups is 1. The van der Waals surface area contributed by atoms with Crippen molar-refractivity contribution in [2.24, 2.45) is 0 Å². The van der Waals surface area contributed by atoms with Crippen LogP contribution < -0.4 is 5.32 Å². The Morgan fingerprint density at radius 3 is 2.48 bits per heavy atom. The molecule has 1 aliphatic heterocycles. The van der Waals surface area contributed by atoms with Gasteiger partial charge in [0.25, 0.3) is 5.91 Å². The smallest absolute Gasteiger partial charge is 0.255 e. The topological polar surface area (TPSA) is 29.1 Å². The van der Waals surface area contributed by atoms with Crippen LogP contribution in [0.4, 0.5) is 5.69 Å². The van der Waals surface area contributed by atoms with E-state index in [2.05, 4.69) is 17.4 Å². The van der Waals surface area contributed by atoms with Crippen molar-refractivity contribution in [2.45, 2.75) is 11.5 Å². The number of aryl methyl sites for hydroxylation is 1. The highest BCUT2D eigenvalue weighted by Crippen LogP contribution is 2.45. The van der Waals surface area contributed by atoms with Crippen LogP contribution in [0.5, 0.6) is 0 Å². The molecular formula is C17H17NOS2. The summed E-state index contributed by atoms with van der Waals surface area (Å²) >= 11 is 3.95. The summed E-state index contributed by atoms with van der Waals surface area (Å²) in [5, 5.41) is 2.94. The average molecular weight is 315 g/mol. The summed E-state index contributed by atoms with van der Waals surface area (Å²) in [5.41, 5.74) is 3.98. The van der Waals surface area contributed by atoms with Gasteiger partial charge >= 0.3 is 0 Å². The predicted octanol–water partition coefficient (Wildman–Crippen LogP) is 4.73. The summed E-state index contributed by atoms with van der Waals surface area (Å²) < 4.78 is 0.527. The third-order valence-electron chi connectivity index (χ3n) is 3.34. The minimum Gasteiger partial charge on any atom is -0.322 e. The molecule has 1 heterocycles. The summed E-state index contributed by atoms with van der Waals surface area (Å²) in [6, 6.07) is 15.8. The van der Waals surface area contributed by atoms with Crippen LogP contribution in [0.3, 0.4) is 0 Å². The van der Waals surface area contributed by atoms with E-state index in [0.717, 1.165) is 11.3 Å². The lowest BCUT2D eigenvalue weighted by atomic mass is 10.1. The van der Waals surface area contributed by atoms with Gasteiger partial charge in [0.15, 0.2) is 0 Å². The van der Waals surface area contributed by atoms with E-state index in [-0.39, 0.29) is 5.91 Å². The minimum atomic E-state index is -0.0566. The molecule has 1 N–H and O–H groups in total. The van der Waals surface area contributed by atoms with E-state index in [0.29, 0.717) is 10.1 Å². The van der Waals surface area contributed by atoms with Crippen LogP contribution in [-0.4, -0.2) is 17.4 Å². The van der Waals surface area contributed by atoms with E-state index in [9.17, 15) is 4.79 Å². The van der Waals surface area contributed by atoms with Crippen molar-refractivity contribution in [3.63, 3.8) is 0 Å². The molecule has 2 aromatic carbocycles. The van der Waals surface area contributed by atoms with Gasteiger partial charge in [-0.2, -0.15) is 0 Å². The van der Waals surface area contributed by atoms with Crippen LogP contribution in [0, 0.1) is 6.92 Å². The van der Waals surface area contributed by atoms with Gasteiger partial charge in [-0.05, 0) is 42.3 Å². The van der Waals surface area contributed by atoms with Gasteiger partial charge in [0, 0.05) is 22.8 Å². The normalized spacial score (nSPS) is 15.1. The Labute approximate surface area is 133 Å². The van der Waals surface area contributed by atoms with Crippen molar-refractivity contribution < 1.29 is 4.79 Å². The Kier molecular flexibility index (Phi) is 4.56. The molecule has 108 valence electrons. The molecular weight excluding hydrogens is 298 g/mol. The lowest BCUT2D eigenvalue weighted by Gasteiger charge is -2.10. The van der Waals surface area contributed by atoms with Crippen LogP contribution >= 0.6 is 23.5 Å². The van der Waals surface area contributed by atoms with Crippen LogP contribution in [0.15, 0.2) is 48.5 Å². The van der Waals surface area contributed by atoms with E-state index in [1.54, 1.807) is 0 Å². The average Bonchev–Trinajstić information content (AvgIpc) is 3.01. The molecule has 3 rings (SSSR count). The van der Waals surface area contributed by atoms with Gasteiger partial charge in [-0.3, -0.25) is 4.79 Å². The molecule has 21 heavy (non-hydrogen) atoms. The van der Waals surface area contributed by atoms with Crippen molar-refractivity contribution in [1.29, 1.82) is 0 Å². The van der Waals surface area contributed by atoms with E-state index < -0.39 is 0 Å². The first-order valence-electron chi connectivity index (χ1n) is 6.93. The second-order valence-corrected chi connectivity index (χ2v) is 7.74. The fourth-order valence-electron chi connectivity index (χ4n) is 2.27. The molecule has 0 spiro atoms. The zero-order chi connectivity index (χ0) is 14.7. The number of hydrogen-bond donors (Lipinski definition) is 1. The predicted molar refractivity (Wildman–Crippen MR) is 93.2 cm³/mol. The van der Waals surface area contributed by atoms with E-state index in [4.69, 9.17) is 0 Å². The Morgan fingerprint density at radius 2 is 1.81 bits per heavy atom. The fraction of sp³-hybridized carbons (Fsp3) is 0.235. The number of benzene rings is 2. The first-order chi connectivity index (χ1) is 10.2. The van der Waals surface area contributed by atoms with Gasteiger partial charge < -0.3 is 5.32 Å². The number of carbonyl (C=O) groups excluding carboxylic acids is 1. The second kappa shape index (κ2) is 6.58. The second-order valence-electron chi connectivity index (χ2n) is 5.02. The summed E-state index contributed by atoms with van der Waals surface area (Å²) in [4.78, 5) is 12.2. The van der Waals surface area contributed by atoms with Crippen LogP contribution in [0.1, 0.15) is 26.1 Å². The van der Waals surface area contributed by atoms with E-state index >= 15 is 0 Å². The molecule has 0 bridgehead atoms. The summed E-state index contributed by atoms with van der Waals surface area (Å²) in [7, 11) is 0. The molecule has 4 heteroatoms. The molecule has 0 aromatic heterocycles. The number of hydrogen-bond acceptors (Lipinski definition) is 3. The Balaban J connectivity index is 1.70. The molecule has 1 aliphatic rings. The number of nitrogens with one attached hydrogen (secondary N) is 1. The van der Waals surface area contributed by atoms with E-state index in [1.807, 2.05) is 66.8 Å². The van der Waals surface area contributed by atoms with Crippen molar-refractivity contribution >= 4 is 35.1 Å². The van der Waals surface area contributed by atoms with Gasteiger partial charge in [-0.25, -0.2) is 0 Å². The van der Waals surface area contributed by atoms with Crippen LogP contribution in [-0.2, 0) is 0 Å². The highest BCUT2D eigenvalue weighted by atomic mass is 32.2. The quantitative estimate of drug-likeness (QED) is 0.888. The van der Waals surface area contributed by atoms with Gasteiger partial charge in [0.05, 0.1) is 4.58 Å². The zero-order valence-electron chi connectivity index (χ0n) is 11.8. The third-order valence-corrected chi connectivity index (χ3v) is 6.45. The SMILES string of the molecule is Cc1cccc(NC(=O)c2ccc(C3SCCS3)cc2)c1. The highest BCUT2D eigenvalue weighted by Gasteiger charge is 2.18. The van der Waals surface area contributed by atoms with Crippen molar-refractivity contribution in [1.82, 2.24) is 0 Å². The molecule has 0 unspecified atom stereocenters. The van der Waals surface area contributed by atoms with Crippen LogP contribution in [0.25, 0.3) is 0 Å². The van der Waals surface area contributed by atoms with Crippen molar-refractivity contribution in [2.75, 3.05) is 16.8 Å². The lowest BCUT2D eigenvalue weighted by Crippen LogP contribution is -2.11. The summed E-state index contributed by atoms with van der Waals surface area (Å²) in [6.45, 7) is 2.02. The third kappa shape index (κ3) is 3.63. The number of amides is 1. The number of thioether (sulfide) groups is 2. The van der Waals surface area contributed by atoms with Gasteiger partial charge in [0.1, 0.15) is 0 Å². The molecule has 0 radical (unpaired) electrons.